The second-order valence-electron chi connectivity index (χ2n) is 7.27. The van der Waals surface area contributed by atoms with Gasteiger partial charge in [-0.1, -0.05) is 18.2 Å². The fourth-order valence-electron chi connectivity index (χ4n) is 3.56. The van der Waals surface area contributed by atoms with Crippen LogP contribution in [0, 0.1) is 5.92 Å². The molecule has 1 aromatic rings. The Morgan fingerprint density at radius 2 is 2.15 bits per heavy atom. The zero-order valence-corrected chi connectivity index (χ0v) is 16.9. The molecule has 2 rings (SSSR count). The van der Waals surface area contributed by atoms with E-state index in [2.05, 4.69) is 4.90 Å². The Bertz CT molecular complexity index is 609. The molecule has 0 bridgehead atoms. The first-order valence-corrected chi connectivity index (χ1v) is 10.8. The number of carbonyl (C=O) groups is 1. The lowest BCUT2D eigenvalue weighted by Gasteiger charge is -2.34. The zero-order valence-electron chi connectivity index (χ0n) is 16.1. The van der Waals surface area contributed by atoms with Crippen LogP contribution in [0.2, 0.25) is 0 Å². The molecule has 1 aliphatic rings. The van der Waals surface area contributed by atoms with E-state index >= 15 is 0 Å². The monoisotopic (exact) mass is 402 g/mol. The minimum atomic E-state index is -4.29. The average molecular weight is 403 g/mol. The number of halogens is 3. The van der Waals surface area contributed by atoms with Gasteiger partial charge in [-0.15, -0.1) is 0 Å². The Kier molecular flexibility index (Phi) is 8.48. The van der Waals surface area contributed by atoms with Crippen LogP contribution in [-0.2, 0) is 17.4 Å². The maximum Gasteiger partial charge on any atom is 0.416 e. The van der Waals surface area contributed by atoms with Crippen molar-refractivity contribution in [2.45, 2.75) is 31.9 Å². The van der Waals surface area contributed by atoms with Crippen LogP contribution >= 0.6 is 11.8 Å². The molecule has 0 saturated carbocycles. The van der Waals surface area contributed by atoms with Crippen molar-refractivity contribution < 1.29 is 18.0 Å². The van der Waals surface area contributed by atoms with Gasteiger partial charge in [-0.05, 0) is 49.6 Å². The van der Waals surface area contributed by atoms with E-state index in [-0.39, 0.29) is 5.91 Å². The predicted octanol–water partition coefficient (Wildman–Crippen LogP) is 4.17. The molecule has 3 nitrogen and oxygen atoms in total. The third-order valence-corrected chi connectivity index (χ3v) is 5.66. The van der Waals surface area contributed by atoms with Crippen molar-refractivity contribution in [2.75, 3.05) is 45.2 Å². The van der Waals surface area contributed by atoms with Crippen LogP contribution in [0.15, 0.2) is 24.3 Å². The van der Waals surface area contributed by atoms with Gasteiger partial charge in [0.2, 0.25) is 5.91 Å². The topological polar surface area (TPSA) is 23.6 Å². The maximum absolute atomic E-state index is 12.8. The summed E-state index contributed by atoms with van der Waals surface area (Å²) in [5, 5.41) is 0. The number of amides is 1. The molecule has 0 aromatic heterocycles. The van der Waals surface area contributed by atoms with Gasteiger partial charge in [-0.3, -0.25) is 4.79 Å². The van der Waals surface area contributed by atoms with E-state index in [1.54, 1.807) is 17.8 Å². The van der Waals surface area contributed by atoms with E-state index in [4.69, 9.17) is 0 Å². The second kappa shape index (κ2) is 10.4. The second-order valence-corrected chi connectivity index (χ2v) is 8.26. The molecule has 27 heavy (non-hydrogen) atoms. The molecule has 1 aromatic carbocycles. The predicted molar refractivity (Wildman–Crippen MR) is 105 cm³/mol. The van der Waals surface area contributed by atoms with Gasteiger partial charge in [-0.25, -0.2) is 0 Å². The molecule has 1 fully saturated rings. The number of rotatable bonds is 8. The van der Waals surface area contributed by atoms with Gasteiger partial charge < -0.3 is 9.80 Å². The first-order chi connectivity index (χ1) is 12.8. The van der Waals surface area contributed by atoms with E-state index in [0.717, 1.165) is 56.4 Å². The molecule has 1 aliphatic heterocycles. The highest BCUT2D eigenvalue weighted by molar-refractivity contribution is 7.98. The summed E-state index contributed by atoms with van der Waals surface area (Å²) in [6.07, 6.45) is 1.05. The van der Waals surface area contributed by atoms with Crippen molar-refractivity contribution in [1.29, 1.82) is 0 Å². The summed E-state index contributed by atoms with van der Waals surface area (Å²) < 4.78 is 38.5. The van der Waals surface area contributed by atoms with Crippen LogP contribution in [0.1, 0.15) is 30.4 Å². The van der Waals surface area contributed by atoms with E-state index in [0.29, 0.717) is 18.8 Å². The molecular weight excluding hydrogens is 373 g/mol. The van der Waals surface area contributed by atoms with E-state index in [9.17, 15) is 18.0 Å². The zero-order chi connectivity index (χ0) is 19.9. The Labute approximate surface area is 164 Å². The first-order valence-electron chi connectivity index (χ1n) is 9.41. The van der Waals surface area contributed by atoms with Gasteiger partial charge in [0.1, 0.15) is 0 Å². The Morgan fingerprint density at radius 1 is 1.37 bits per heavy atom. The molecule has 1 atom stereocenters. The largest absolute Gasteiger partial charge is 0.416 e. The number of thioether (sulfide) groups is 1. The molecule has 0 N–H and O–H groups in total. The summed E-state index contributed by atoms with van der Waals surface area (Å²) >= 11 is 1.67. The van der Waals surface area contributed by atoms with E-state index in [1.165, 1.54) is 12.1 Å². The van der Waals surface area contributed by atoms with Crippen molar-refractivity contribution in [3.8, 4) is 0 Å². The molecular formula is C20H29F3N2OS. The highest BCUT2D eigenvalue weighted by Crippen LogP contribution is 2.29. The van der Waals surface area contributed by atoms with Crippen molar-refractivity contribution in [2.24, 2.45) is 5.92 Å². The lowest BCUT2D eigenvalue weighted by Crippen LogP contribution is -2.42. The Morgan fingerprint density at radius 3 is 2.85 bits per heavy atom. The summed E-state index contributed by atoms with van der Waals surface area (Å²) in [6.45, 7) is 3.38. The van der Waals surface area contributed by atoms with Gasteiger partial charge >= 0.3 is 6.18 Å². The normalized spacial score (nSPS) is 18.5. The summed E-state index contributed by atoms with van der Waals surface area (Å²) in [6, 6.07) is 5.60. The highest BCUT2D eigenvalue weighted by atomic mass is 32.2. The number of benzene rings is 1. The van der Waals surface area contributed by atoms with Crippen LogP contribution in [0.3, 0.4) is 0 Å². The lowest BCUT2D eigenvalue weighted by molar-refractivity contribution is -0.137. The molecule has 1 heterocycles. The molecule has 1 saturated heterocycles. The maximum atomic E-state index is 12.8. The molecule has 1 amide bonds. The summed E-state index contributed by atoms with van der Waals surface area (Å²) in [5.41, 5.74) is 0.137. The van der Waals surface area contributed by atoms with Gasteiger partial charge in [0.25, 0.3) is 0 Å². The van der Waals surface area contributed by atoms with Crippen molar-refractivity contribution in [3.63, 3.8) is 0 Å². The average Bonchev–Trinajstić information content (AvgIpc) is 2.64. The number of likely N-dealkylation sites (tertiary alicyclic amines) is 1. The third kappa shape index (κ3) is 7.37. The Hall–Kier alpha value is -1.21. The van der Waals surface area contributed by atoms with Gasteiger partial charge in [0.05, 0.1) is 5.56 Å². The van der Waals surface area contributed by atoms with Crippen molar-refractivity contribution in [3.05, 3.63) is 35.4 Å². The molecule has 0 spiro atoms. The number of hydrogen-bond acceptors (Lipinski definition) is 3. The Balaban J connectivity index is 1.82. The third-order valence-electron chi connectivity index (χ3n) is 5.05. The summed E-state index contributed by atoms with van der Waals surface area (Å²) in [4.78, 5) is 16.2. The molecule has 152 valence electrons. The van der Waals surface area contributed by atoms with Gasteiger partial charge in [-0.2, -0.15) is 24.9 Å². The lowest BCUT2D eigenvalue weighted by atomic mass is 9.97. The van der Waals surface area contributed by atoms with Crippen molar-refractivity contribution >= 4 is 17.7 Å². The van der Waals surface area contributed by atoms with E-state index < -0.39 is 11.7 Å². The number of piperidine rings is 1. The summed E-state index contributed by atoms with van der Waals surface area (Å²) in [7, 11) is 1.87. The molecule has 0 radical (unpaired) electrons. The van der Waals surface area contributed by atoms with Crippen LogP contribution in [0.25, 0.3) is 0 Å². The fraction of sp³-hybridized carbons (Fsp3) is 0.650. The number of nitrogens with zero attached hydrogens (tertiary/aromatic N) is 2. The standard InChI is InChI=1S/C20H29F3N2OS/c1-24(19(26)9-12-27-2)14-17-6-4-10-25(15-17)11-8-16-5-3-7-18(13-16)20(21,22)23/h3,5,7,13,17H,4,6,8-12,14-15H2,1-2H3/t17-/m0/s1. The minimum absolute atomic E-state index is 0.186. The first kappa shape index (κ1) is 22.1. The highest BCUT2D eigenvalue weighted by Gasteiger charge is 2.30. The smallest absolute Gasteiger partial charge is 0.345 e. The quantitative estimate of drug-likeness (QED) is 0.652. The van der Waals surface area contributed by atoms with Gasteiger partial charge in [0.15, 0.2) is 0 Å². The SMILES string of the molecule is CSCCC(=O)N(C)C[C@@H]1CCCN(CCc2cccc(C(F)(F)F)c2)C1. The molecule has 7 heteroatoms. The van der Waals surface area contributed by atoms with Crippen molar-refractivity contribution in [1.82, 2.24) is 9.80 Å². The van der Waals surface area contributed by atoms with Crippen LogP contribution in [0.4, 0.5) is 13.2 Å². The van der Waals surface area contributed by atoms with Crippen LogP contribution in [0.5, 0.6) is 0 Å². The molecule has 0 unspecified atom stereocenters. The fourth-order valence-corrected chi connectivity index (χ4v) is 3.94. The minimum Gasteiger partial charge on any atom is -0.345 e. The number of hydrogen-bond donors (Lipinski definition) is 0. The van der Waals surface area contributed by atoms with Crippen LogP contribution < -0.4 is 0 Å². The van der Waals surface area contributed by atoms with E-state index in [1.807, 2.05) is 18.2 Å². The van der Waals surface area contributed by atoms with Crippen LogP contribution in [-0.4, -0.2) is 60.9 Å². The summed E-state index contributed by atoms with van der Waals surface area (Å²) in [5.74, 6) is 1.46. The molecule has 0 aliphatic carbocycles. The number of carbonyl (C=O) groups excluding carboxylic acids is 1. The van der Waals surface area contributed by atoms with Gasteiger partial charge in [0, 0.05) is 38.9 Å². The number of alkyl halides is 3.